The Morgan fingerprint density at radius 1 is 1.43 bits per heavy atom. The first-order valence-corrected chi connectivity index (χ1v) is 5.99. The van der Waals surface area contributed by atoms with Crippen molar-refractivity contribution in [1.82, 2.24) is 10.6 Å². The molecule has 0 bridgehead atoms. The zero-order valence-corrected chi connectivity index (χ0v) is 11.4. The van der Waals surface area contributed by atoms with Crippen LogP contribution in [0.4, 0.5) is 4.79 Å². The summed E-state index contributed by atoms with van der Waals surface area (Å²) in [4.78, 5) is 34.1. The molecule has 2 amide bonds. The van der Waals surface area contributed by atoms with Crippen LogP contribution in [0.5, 0.6) is 11.5 Å². The first-order chi connectivity index (χ1) is 9.99. The monoisotopic (exact) mass is 294 g/mol. The molecule has 0 radical (unpaired) electrons. The number of benzene rings is 1. The van der Waals surface area contributed by atoms with E-state index < -0.39 is 23.6 Å². The third kappa shape index (κ3) is 2.14. The van der Waals surface area contributed by atoms with Crippen LogP contribution < -0.4 is 20.1 Å². The first kappa shape index (κ1) is 14.6. The van der Waals surface area contributed by atoms with E-state index in [4.69, 9.17) is 14.6 Å². The summed E-state index contributed by atoms with van der Waals surface area (Å²) >= 11 is 0. The minimum Gasteiger partial charge on any atom is -0.497 e. The van der Waals surface area contributed by atoms with E-state index in [1.807, 2.05) is 0 Å². The fourth-order valence-electron chi connectivity index (χ4n) is 2.35. The molecule has 0 aliphatic carbocycles. The van der Waals surface area contributed by atoms with Gasteiger partial charge in [0.15, 0.2) is 5.54 Å². The van der Waals surface area contributed by atoms with Crippen LogP contribution in [0.25, 0.3) is 0 Å². The molecule has 2 unspecified atom stereocenters. The van der Waals surface area contributed by atoms with Crippen LogP contribution in [0.3, 0.4) is 0 Å². The van der Waals surface area contributed by atoms with E-state index in [0.717, 1.165) is 0 Å². The number of carbonyl (C=O) groups excluding carboxylic acids is 2. The third-order valence-electron chi connectivity index (χ3n) is 3.38. The molecular formula is C13H14N2O6. The molecule has 1 aromatic rings. The van der Waals surface area contributed by atoms with Gasteiger partial charge >= 0.3 is 6.09 Å². The average Bonchev–Trinajstić information content (AvgIpc) is 2.49. The van der Waals surface area contributed by atoms with Gasteiger partial charge in [0.2, 0.25) is 0 Å². The Labute approximate surface area is 120 Å². The summed E-state index contributed by atoms with van der Waals surface area (Å²) in [5.74, 6) is 0.0960. The number of methoxy groups -OCH3 is 2. The minimum absolute atomic E-state index is 0.241. The number of ether oxygens (including phenoxy) is 2. The Hall–Kier alpha value is -2.77. The lowest BCUT2D eigenvalue weighted by Gasteiger charge is -2.46. The Bertz CT molecular complexity index is 602. The summed E-state index contributed by atoms with van der Waals surface area (Å²) in [6.45, 7) is 0. The second-order valence-electron chi connectivity index (χ2n) is 4.39. The molecule has 8 heteroatoms. The summed E-state index contributed by atoms with van der Waals surface area (Å²) in [6.07, 6.45) is -0.948. The first-order valence-electron chi connectivity index (χ1n) is 5.99. The highest BCUT2D eigenvalue weighted by Crippen LogP contribution is 2.39. The largest absolute Gasteiger partial charge is 0.497 e. The van der Waals surface area contributed by atoms with Crippen LogP contribution in [-0.2, 0) is 15.1 Å². The maximum Gasteiger partial charge on any atom is 0.405 e. The molecule has 2 atom stereocenters. The van der Waals surface area contributed by atoms with Crippen molar-refractivity contribution < 1.29 is 29.0 Å². The van der Waals surface area contributed by atoms with Crippen molar-refractivity contribution in [3.8, 4) is 11.5 Å². The molecule has 0 spiro atoms. The molecule has 1 aromatic carbocycles. The number of amides is 2. The minimum atomic E-state index is -1.70. The normalized spacial score (nSPS) is 23.5. The highest BCUT2D eigenvalue weighted by Gasteiger charge is 2.59. The predicted molar refractivity (Wildman–Crippen MR) is 70.4 cm³/mol. The van der Waals surface area contributed by atoms with Crippen molar-refractivity contribution in [3.63, 3.8) is 0 Å². The van der Waals surface area contributed by atoms with Crippen molar-refractivity contribution in [2.45, 2.75) is 11.6 Å². The summed E-state index contributed by atoms with van der Waals surface area (Å²) in [7, 11) is 2.84. The Morgan fingerprint density at radius 2 is 2.14 bits per heavy atom. The molecule has 3 N–H and O–H groups in total. The third-order valence-corrected chi connectivity index (χ3v) is 3.38. The summed E-state index contributed by atoms with van der Waals surface area (Å²) in [5, 5.41) is 13.5. The fraction of sp³-hybridized carbons (Fsp3) is 0.308. The number of hydrogen-bond donors (Lipinski definition) is 3. The van der Waals surface area contributed by atoms with E-state index in [0.29, 0.717) is 12.0 Å². The molecule has 1 aliphatic rings. The highest BCUT2D eigenvalue weighted by atomic mass is 16.5. The van der Waals surface area contributed by atoms with Crippen molar-refractivity contribution in [2.75, 3.05) is 14.2 Å². The van der Waals surface area contributed by atoms with Crippen molar-refractivity contribution in [1.29, 1.82) is 0 Å². The van der Waals surface area contributed by atoms with Gasteiger partial charge in [0, 0.05) is 11.6 Å². The van der Waals surface area contributed by atoms with Crippen molar-refractivity contribution >= 4 is 18.3 Å². The average molecular weight is 294 g/mol. The molecule has 1 heterocycles. The second kappa shape index (κ2) is 5.31. The molecule has 0 aromatic heterocycles. The predicted octanol–water partition coefficient (Wildman–Crippen LogP) is -0.136. The Balaban J connectivity index is 2.59. The maximum atomic E-state index is 12.0. The van der Waals surface area contributed by atoms with Gasteiger partial charge < -0.3 is 30.0 Å². The van der Waals surface area contributed by atoms with Gasteiger partial charge in [0.1, 0.15) is 23.8 Å². The van der Waals surface area contributed by atoms with Gasteiger partial charge in [-0.15, -0.1) is 0 Å². The van der Waals surface area contributed by atoms with Crippen LogP contribution in [0.15, 0.2) is 18.2 Å². The van der Waals surface area contributed by atoms with Crippen LogP contribution in [0, 0.1) is 0 Å². The van der Waals surface area contributed by atoms with Gasteiger partial charge in [-0.3, -0.25) is 4.79 Å². The van der Waals surface area contributed by atoms with E-state index in [1.165, 1.54) is 26.4 Å². The van der Waals surface area contributed by atoms with E-state index in [9.17, 15) is 14.4 Å². The molecule has 0 saturated carbocycles. The molecule has 112 valence electrons. The number of rotatable bonds is 5. The van der Waals surface area contributed by atoms with E-state index in [1.54, 1.807) is 6.07 Å². The second-order valence-corrected chi connectivity index (χ2v) is 4.39. The lowest BCUT2D eigenvalue weighted by Crippen LogP contribution is -2.77. The lowest BCUT2D eigenvalue weighted by molar-refractivity contribution is -0.143. The quantitative estimate of drug-likeness (QED) is 0.514. The van der Waals surface area contributed by atoms with Crippen LogP contribution >= 0.6 is 0 Å². The van der Waals surface area contributed by atoms with Gasteiger partial charge in [-0.2, -0.15) is 0 Å². The van der Waals surface area contributed by atoms with Gasteiger partial charge in [0.25, 0.3) is 5.91 Å². The molecule has 1 saturated heterocycles. The SMILES string of the molecule is COc1ccc(C2(NC(=O)O)C(=O)NC2C=O)c(OC)c1. The maximum absolute atomic E-state index is 12.0. The van der Waals surface area contributed by atoms with Crippen LogP contribution in [0.2, 0.25) is 0 Å². The molecule has 21 heavy (non-hydrogen) atoms. The van der Waals surface area contributed by atoms with Crippen molar-refractivity contribution in [2.24, 2.45) is 0 Å². The molecule has 2 rings (SSSR count). The molecule has 8 nitrogen and oxygen atoms in total. The number of hydrogen-bond acceptors (Lipinski definition) is 5. The van der Waals surface area contributed by atoms with Crippen molar-refractivity contribution in [3.05, 3.63) is 23.8 Å². The Morgan fingerprint density at radius 3 is 2.62 bits per heavy atom. The molecule has 1 aliphatic heterocycles. The smallest absolute Gasteiger partial charge is 0.405 e. The standard InChI is InChI=1S/C13H14N2O6/c1-20-7-3-4-8(9(5-7)21-2)13(15-12(18)19)10(6-16)14-11(13)17/h3-6,10,15H,1-2H3,(H,14,17)(H,18,19). The summed E-state index contributed by atoms with van der Waals surface area (Å²) in [6, 6.07) is 3.54. The summed E-state index contributed by atoms with van der Waals surface area (Å²) < 4.78 is 10.2. The zero-order valence-electron chi connectivity index (χ0n) is 11.4. The zero-order chi connectivity index (χ0) is 15.6. The lowest BCUT2D eigenvalue weighted by atomic mass is 9.75. The van der Waals surface area contributed by atoms with Gasteiger partial charge in [-0.1, -0.05) is 0 Å². The number of β-lactam (4-membered cyclic amide) rings is 1. The summed E-state index contributed by atoms with van der Waals surface area (Å²) in [5.41, 5.74) is -1.46. The van der Waals surface area contributed by atoms with Gasteiger partial charge in [0.05, 0.1) is 14.2 Å². The van der Waals surface area contributed by atoms with E-state index >= 15 is 0 Å². The Kier molecular flexibility index (Phi) is 3.70. The van der Waals surface area contributed by atoms with Gasteiger partial charge in [-0.25, -0.2) is 4.79 Å². The van der Waals surface area contributed by atoms with Gasteiger partial charge in [-0.05, 0) is 12.1 Å². The number of carbonyl (C=O) groups is 3. The van der Waals surface area contributed by atoms with E-state index in [-0.39, 0.29) is 11.3 Å². The topological polar surface area (TPSA) is 114 Å². The molecular weight excluding hydrogens is 280 g/mol. The number of nitrogens with one attached hydrogen (secondary N) is 2. The fourth-order valence-corrected chi connectivity index (χ4v) is 2.35. The van der Waals surface area contributed by atoms with Crippen LogP contribution in [0.1, 0.15) is 5.56 Å². The van der Waals surface area contributed by atoms with E-state index in [2.05, 4.69) is 10.6 Å². The van der Waals surface area contributed by atoms with Crippen LogP contribution in [-0.4, -0.2) is 43.7 Å². The molecule has 1 fully saturated rings. The number of aldehydes is 1. The highest BCUT2D eigenvalue weighted by molar-refractivity contribution is 6.03. The number of carboxylic acid groups (broad SMARTS) is 1.